The number of aromatic nitrogens is 4. The third-order valence-electron chi connectivity index (χ3n) is 5.71. The second-order valence-corrected chi connectivity index (χ2v) is 7.99. The number of rotatable bonds is 7. The Morgan fingerprint density at radius 1 is 1.03 bits per heavy atom. The number of para-hydroxylation sites is 3. The number of imidazole rings is 1. The molecule has 6 heteroatoms. The highest BCUT2D eigenvalue weighted by Gasteiger charge is 2.16. The fourth-order valence-corrected chi connectivity index (χ4v) is 3.98. The first-order valence-electron chi connectivity index (χ1n) is 11.2. The van der Waals surface area contributed by atoms with Gasteiger partial charge >= 0.3 is 0 Å². The van der Waals surface area contributed by atoms with Gasteiger partial charge in [0.1, 0.15) is 18.4 Å². The standard InChI is InChI=1S/C29H23N5O/c1-3-17-35-25-15-13-21(14-16-25)28-23(20-34(32-28)24-9-5-4-6-10-24)18-22(19-30)29-31-26-11-7-8-12-27(26)33(29)2/h3-16,18,20H,1,17H2,2H3/b22-18+. The fourth-order valence-electron chi connectivity index (χ4n) is 3.98. The highest BCUT2D eigenvalue weighted by atomic mass is 16.5. The minimum absolute atomic E-state index is 0.444. The molecule has 0 N–H and O–H groups in total. The number of hydrogen-bond acceptors (Lipinski definition) is 4. The molecule has 5 aromatic rings. The van der Waals surface area contributed by atoms with Crippen LogP contribution < -0.4 is 4.74 Å². The molecule has 35 heavy (non-hydrogen) atoms. The van der Waals surface area contributed by atoms with Crippen LogP contribution in [0, 0.1) is 11.3 Å². The van der Waals surface area contributed by atoms with Crippen molar-refractivity contribution in [2.24, 2.45) is 7.05 Å². The van der Waals surface area contributed by atoms with Gasteiger partial charge in [0, 0.05) is 24.4 Å². The van der Waals surface area contributed by atoms with Crippen molar-refractivity contribution in [2.75, 3.05) is 6.61 Å². The molecule has 6 nitrogen and oxygen atoms in total. The number of nitriles is 1. The summed E-state index contributed by atoms with van der Waals surface area (Å²) >= 11 is 0. The monoisotopic (exact) mass is 457 g/mol. The summed E-state index contributed by atoms with van der Waals surface area (Å²) in [5, 5.41) is 14.9. The summed E-state index contributed by atoms with van der Waals surface area (Å²) in [4.78, 5) is 4.71. The smallest absolute Gasteiger partial charge is 0.151 e. The summed E-state index contributed by atoms with van der Waals surface area (Å²) in [5.74, 6) is 1.37. The third-order valence-corrected chi connectivity index (χ3v) is 5.71. The second kappa shape index (κ2) is 9.54. The molecule has 0 bridgehead atoms. The van der Waals surface area contributed by atoms with Gasteiger partial charge in [-0.25, -0.2) is 9.67 Å². The molecule has 0 spiro atoms. The SMILES string of the molecule is C=CCOc1ccc(-c2nn(-c3ccccc3)cc2/C=C(\C#N)c2nc3ccccc3n2C)cc1. The third kappa shape index (κ3) is 4.35. The molecule has 0 aliphatic heterocycles. The van der Waals surface area contributed by atoms with Crippen LogP contribution in [-0.2, 0) is 7.05 Å². The zero-order valence-corrected chi connectivity index (χ0v) is 19.3. The van der Waals surface area contributed by atoms with Gasteiger partial charge in [0.2, 0.25) is 0 Å². The van der Waals surface area contributed by atoms with Crippen molar-refractivity contribution in [3.8, 4) is 28.8 Å². The van der Waals surface area contributed by atoms with Crippen molar-refractivity contribution in [2.45, 2.75) is 0 Å². The van der Waals surface area contributed by atoms with Crippen LogP contribution in [0.15, 0.2) is 97.7 Å². The topological polar surface area (TPSA) is 68.7 Å². The Kier molecular flexibility index (Phi) is 5.98. The second-order valence-electron chi connectivity index (χ2n) is 7.99. The van der Waals surface area contributed by atoms with Crippen LogP contribution in [0.2, 0.25) is 0 Å². The minimum atomic E-state index is 0.444. The van der Waals surface area contributed by atoms with E-state index in [4.69, 9.17) is 14.8 Å². The zero-order chi connectivity index (χ0) is 24.2. The molecule has 0 unspecified atom stereocenters. The summed E-state index contributed by atoms with van der Waals surface area (Å²) in [6, 6.07) is 27.8. The lowest BCUT2D eigenvalue weighted by atomic mass is 10.1. The van der Waals surface area contributed by atoms with E-state index in [0.717, 1.165) is 39.3 Å². The fraction of sp³-hybridized carbons (Fsp3) is 0.0690. The minimum Gasteiger partial charge on any atom is -0.490 e. The summed E-state index contributed by atoms with van der Waals surface area (Å²) in [6.45, 7) is 4.13. The largest absolute Gasteiger partial charge is 0.490 e. The van der Waals surface area contributed by atoms with Crippen molar-refractivity contribution < 1.29 is 4.74 Å². The molecule has 0 saturated heterocycles. The van der Waals surface area contributed by atoms with Crippen LogP contribution in [0.4, 0.5) is 0 Å². The van der Waals surface area contributed by atoms with Crippen molar-refractivity contribution in [3.05, 3.63) is 109 Å². The predicted octanol–water partition coefficient (Wildman–Crippen LogP) is 6.05. The summed E-state index contributed by atoms with van der Waals surface area (Å²) in [5.41, 5.74) is 5.71. The van der Waals surface area contributed by atoms with E-state index in [1.807, 2.05) is 107 Å². The van der Waals surface area contributed by atoms with E-state index in [9.17, 15) is 5.26 Å². The lowest BCUT2D eigenvalue weighted by Gasteiger charge is -2.05. The molecular weight excluding hydrogens is 434 g/mol. The molecule has 0 fully saturated rings. The summed E-state index contributed by atoms with van der Waals surface area (Å²) < 4.78 is 9.39. The molecule has 0 aliphatic rings. The molecule has 0 aliphatic carbocycles. The van der Waals surface area contributed by atoms with Gasteiger partial charge in [-0.3, -0.25) is 0 Å². The van der Waals surface area contributed by atoms with Crippen LogP contribution >= 0.6 is 0 Å². The first-order valence-corrected chi connectivity index (χ1v) is 11.2. The van der Waals surface area contributed by atoms with Crippen molar-refractivity contribution in [1.29, 1.82) is 5.26 Å². The van der Waals surface area contributed by atoms with Crippen molar-refractivity contribution >= 4 is 22.7 Å². The van der Waals surface area contributed by atoms with Crippen LogP contribution in [0.1, 0.15) is 11.4 Å². The summed E-state index contributed by atoms with van der Waals surface area (Å²) in [6.07, 6.45) is 5.50. The normalized spacial score (nSPS) is 11.4. The van der Waals surface area contributed by atoms with E-state index in [1.165, 1.54) is 0 Å². The van der Waals surface area contributed by atoms with E-state index in [1.54, 1.807) is 6.08 Å². The highest BCUT2D eigenvalue weighted by Crippen LogP contribution is 2.29. The van der Waals surface area contributed by atoms with Gasteiger partial charge in [-0.15, -0.1) is 0 Å². The molecule has 2 heterocycles. The average Bonchev–Trinajstić information content (AvgIpc) is 3.48. The molecule has 2 aromatic heterocycles. The number of fused-ring (bicyclic) bond motifs is 1. The van der Waals surface area contributed by atoms with Gasteiger partial charge in [0.05, 0.1) is 28.0 Å². The molecule has 0 atom stereocenters. The Labute approximate surface area is 203 Å². The number of nitrogens with zero attached hydrogens (tertiary/aromatic N) is 5. The molecule has 0 amide bonds. The predicted molar refractivity (Wildman–Crippen MR) is 139 cm³/mol. The van der Waals surface area contributed by atoms with Gasteiger partial charge in [-0.1, -0.05) is 43.0 Å². The maximum atomic E-state index is 10.1. The quantitative estimate of drug-likeness (QED) is 0.220. The first kappa shape index (κ1) is 21.9. The van der Waals surface area contributed by atoms with Gasteiger partial charge in [-0.05, 0) is 54.6 Å². The lowest BCUT2D eigenvalue weighted by molar-refractivity contribution is 0.363. The van der Waals surface area contributed by atoms with Crippen LogP contribution in [-0.4, -0.2) is 25.9 Å². The Balaban J connectivity index is 1.63. The molecule has 0 radical (unpaired) electrons. The van der Waals surface area contributed by atoms with E-state index in [0.29, 0.717) is 18.0 Å². The van der Waals surface area contributed by atoms with Gasteiger partial charge in [0.25, 0.3) is 0 Å². The lowest BCUT2D eigenvalue weighted by Crippen LogP contribution is -1.96. The molecule has 5 rings (SSSR count). The Bertz CT molecular complexity index is 1570. The maximum Gasteiger partial charge on any atom is 0.151 e. The number of allylic oxidation sites excluding steroid dienone is 1. The average molecular weight is 458 g/mol. The number of benzene rings is 3. The van der Waals surface area contributed by atoms with Gasteiger partial charge < -0.3 is 9.30 Å². The van der Waals surface area contributed by atoms with Crippen LogP contribution in [0.5, 0.6) is 5.75 Å². The molecule has 170 valence electrons. The number of aryl methyl sites for hydroxylation is 1. The van der Waals surface area contributed by atoms with Gasteiger partial charge in [-0.2, -0.15) is 10.4 Å². The van der Waals surface area contributed by atoms with E-state index in [2.05, 4.69) is 12.6 Å². The Hall–Kier alpha value is -4.89. The van der Waals surface area contributed by atoms with Crippen molar-refractivity contribution in [3.63, 3.8) is 0 Å². The molecule has 0 saturated carbocycles. The van der Waals surface area contributed by atoms with Crippen molar-refractivity contribution in [1.82, 2.24) is 19.3 Å². The maximum absolute atomic E-state index is 10.1. The Morgan fingerprint density at radius 3 is 2.49 bits per heavy atom. The number of hydrogen-bond donors (Lipinski definition) is 0. The van der Waals surface area contributed by atoms with Gasteiger partial charge in [0.15, 0.2) is 5.82 Å². The van der Waals surface area contributed by atoms with Crippen LogP contribution in [0.3, 0.4) is 0 Å². The highest BCUT2D eigenvalue weighted by molar-refractivity contribution is 5.93. The Morgan fingerprint density at radius 2 is 1.77 bits per heavy atom. The van der Waals surface area contributed by atoms with E-state index >= 15 is 0 Å². The first-order chi connectivity index (χ1) is 17.2. The van der Waals surface area contributed by atoms with Crippen LogP contribution in [0.25, 0.3) is 39.6 Å². The number of ether oxygens (including phenoxy) is 1. The molecular formula is C29H23N5O. The summed E-state index contributed by atoms with van der Waals surface area (Å²) in [7, 11) is 1.92. The molecule has 3 aromatic carbocycles. The zero-order valence-electron chi connectivity index (χ0n) is 19.3. The van der Waals surface area contributed by atoms with E-state index in [-0.39, 0.29) is 0 Å². The van der Waals surface area contributed by atoms with E-state index < -0.39 is 0 Å².